The molecule has 1 aromatic carbocycles. The summed E-state index contributed by atoms with van der Waals surface area (Å²) in [6.45, 7) is 4.66. The van der Waals surface area contributed by atoms with Crippen LogP contribution >= 0.6 is 28.1 Å². The van der Waals surface area contributed by atoms with Crippen molar-refractivity contribution in [2.24, 2.45) is 5.73 Å². The highest BCUT2D eigenvalue weighted by Gasteiger charge is 2.09. The van der Waals surface area contributed by atoms with Gasteiger partial charge in [-0.15, -0.1) is 0 Å². The largest absolute Gasteiger partial charge is 0.486 e. The van der Waals surface area contributed by atoms with E-state index in [0.29, 0.717) is 23.4 Å². The number of hydrogen-bond acceptors (Lipinski definition) is 3. The number of ether oxygens (including phenoxy) is 1. The number of nitrogens with two attached hydrogens (primary N) is 1. The Bertz CT molecular complexity index is 642. The zero-order valence-electron chi connectivity index (χ0n) is 12.0. The van der Waals surface area contributed by atoms with Crippen LogP contribution < -0.4 is 10.5 Å². The van der Waals surface area contributed by atoms with Gasteiger partial charge in [0.15, 0.2) is 0 Å². The Kier molecular flexibility index (Phi) is 5.36. The lowest BCUT2D eigenvalue weighted by Gasteiger charge is -2.11. The van der Waals surface area contributed by atoms with Gasteiger partial charge in [0.1, 0.15) is 17.3 Å². The van der Waals surface area contributed by atoms with E-state index in [9.17, 15) is 0 Å². The molecule has 6 heteroatoms. The fraction of sp³-hybridized carbons (Fsp3) is 0.333. The molecular weight excluding hydrogens is 350 g/mol. The van der Waals surface area contributed by atoms with Crippen LogP contribution in [0, 0.1) is 0 Å². The van der Waals surface area contributed by atoms with E-state index in [2.05, 4.69) is 34.9 Å². The predicted octanol–water partition coefficient (Wildman–Crippen LogP) is 3.83. The first-order chi connectivity index (χ1) is 10.0. The molecule has 0 amide bonds. The van der Waals surface area contributed by atoms with Gasteiger partial charge in [-0.05, 0) is 37.6 Å². The van der Waals surface area contributed by atoms with E-state index in [1.807, 2.05) is 35.1 Å². The molecule has 0 aliphatic heterocycles. The highest BCUT2D eigenvalue weighted by molar-refractivity contribution is 9.10. The third kappa shape index (κ3) is 4.04. The van der Waals surface area contributed by atoms with Crippen LogP contribution in [0.5, 0.6) is 5.75 Å². The molecule has 0 fully saturated rings. The molecule has 21 heavy (non-hydrogen) atoms. The fourth-order valence-corrected chi connectivity index (χ4v) is 2.38. The molecule has 112 valence electrons. The average Bonchev–Trinajstić information content (AvgIpc) is 2.93. The Morgan fingerprint density at radius 2 is 2.24 bits per heavy atom. The summed E-state index contributed by atoms with van der Waals surface area (Å²) in [5.41, 5.74) is 7.33. The standard InChI is InChI=1S/C15H18BrN3OS/c1-3-10(2)19-7-6-12(18-19)9-20-14-5-4-11(16)8-13(14)15(17)21/h4-8,10H,3,9H2,1-2H3,(H2,17,21). The molecule has 1 atom stereocenters. The molecule has 0 spiro atoms. The van der Waals surface area contributed by atoms with Gasteiger partial charge >= 0.3 is 0 Å². The summed E-state index contributed by atoms with van der Waals surface area (Å²) in [6.07, 6.45) is 3.02. The van der Waals surface area contributed by atoms with Crippen molar-refractivity contribution in [2.75, 3.05) is 0 Å². The Hall–Kier alpha value is -1.40. The number of rotatable bonds is 6. The summed E-state index contributed by atoms with van der Waals surface area (Å²) in [7, 11) is 0. The Labute approximate surface area is 138 Å². The van der Waals surface area contributed by atoms with E-state index in [-0.39, 0.29) is 0 Å². The van der Waals surface area contributed by atoms with E-state index < -0.39 is 0 Å². The highest BCUT2D eigenvalue weighted by Crippen LogP contribution is 2.24. The quantitative estimate of drug-likeness (QED) is 0.788. The molecule has 2 N–H and O–H groups in total. The molecular formula is C15H18BrN3OS. The summed E-state index contributed by atoms with van der Waals surface area (Å²) in [4.78, 5) is 0.316. The van der Waals surface area contributed by atoms with Crippen LogP contribution in [0.15, 0.2) is 34.9 Å². The summed E-state index contributed by atoms with van der Waals surface area (Å²) in [5, 5.41) is 4.51. The van der Waals surface area contributed by atoms with Gasteiger partial charge in [0.25, 0.3) is 0 Å². The second-order valence-electron chi connectivity index (χ2n) is 4.84. The molecule has 2 aromatic rings. The molecule has 0 aliphatic carbocycles. The van der Waals surface area contributed by atoms with Crippen LogP contribution in [0.1, 0.15) is 37.6 Å². The summed E-state index contributed by atoms with van der Waals surface area (Å²) in [6, 6.07) is 7.96. The first kappa shape index (κ1) is 16.0. The molecule has 1 unspecified atom stereocenters. The molecule has 0 saturated carbocycles. The number of aromatic nitrogens is 2. The molecule has 0 aliphatic rings. The van der Waals surface area contributed by atoms with Crippen molar-refractivity contribution in [1.82, 2.24) is 9.78 Å². The van der Waals surface area contributed by atoms with Gasteiger partial charge in [-0.2, -0.15) is 5.10 Å². The van der Waals surface area contributed by atoms with E-state index >= 15 is 0 Å². The molecule has 0 bridgehead atoms. The number of hydrogen-bond donors (Lipinski definition) is 1. The van der Waals surface area contributed by atoms with Crippen LogP contribution in [0.3, 0.4) is 0 Å². The third-order valence-electron chi connectivity index (χ3n) is 3.29. The fourth-order valence-electron chi connectivity index (χ4n) is 1.86. The lowest BCUT2D eigenvalue weighted by atomic mass is 10.2. The molecule has 2 rings (SSSR count). The zero-order valence-corrected chi connectivity index (χ0v) is 14.4. The maximum atomic E-state index is 5.80. The van der Waals surface area contributed by atoms with Gasteiger partial charge in [0.2, 0.25) is 0 Å². The molecule has 4 nitrogen and oxygen atoms in total. The van der Waals surface area contributed by atoms with E-state index in [0.717, 1.165) is 22.2 Å². The van der Waals surface area contributed by atoms with Crippen molar-refractivity contribution in [1.29, 1.82) is 0 Å². The first-order valence-electron chi connectivity index (χ1n) is 6.77. The van der Waals surface area contributed by atoms with Crippen LogP contribution in [0.25, 0.3) is 0 Å². The molecule has 0 radical (unpaired) electrons. The van der Waals surface area contributed by atoms with Crippen molar-refractivity contribution in [3.8, 4) is 5.75 Å². The monoisotopic (exact) mass is 367 g/mol. The number of benzene rings is 1. The second kappa shape index (κ2) is 7.04. The van der Waals surface area contributed by atoms with E-state index in [1.54, 1.807) is 0 Å². The predicted molar refractivity (Wildman–Crippen MR) is 91.6 cm³/mol. The SMILES string of the molecule is CCC(C)n1ccc(COc2ccc(Br)cc2C(N)=S)n1. The molecule has 0 saturated heterocycles. The van der Waals surface area contributed by atoms with Gasteiger partial charge in [0, 0.05) is 16.7 Å². The summed E-state index contributed by atoms with van der Waals surface area (Å²) >= 11 is 8.45. The first-order valence-corrected chi connectivity index (χ1v) is 7.97. The topological polar surface area (TPSA) is 53.1 Å². The van der Waals surface area contributed by atoms with Gasteiger partial charge in [0.05, 0.1) is 11.3 Å². The van der Waals surface area contributed by atoms with Crippen LogP contribution in [-0.4, -0.2) is 14.8 Å². The van der Waals surface area contributed by atoms with Crippen molar-refractivity contribution < 1.29 is 4.74 Å². The maximum absolute atomic E-state index is 5.80. The minimum atomic E-state index is 0.316. The smallest absolute Gasteiger partial charge is 0.132 e. The number of nitrogens with zero attached hydrogens (tertiary/aromatic N) is 2. The Morgan fingerprint density at radius 3 is 2.90 bits per heavy atom. The van der Waals surface area contributed by atoms with Crippen molar-refractivity contribution >= 4 is 33.1 Å². The maximum Gasteiger partial charge on any atom is 0.132 e. The summed E-state index contributed by atoms with van der Waals surface area (Å²) < 4.78 is 8.67. The van der Waals surface area contributed by atoms with Gasteiger partial charge < -0.3 is 10.5 Å². The van der Waals surface area contributed by atoms with Gasteiger partial charge in [-0.3, -0.25) is 4.68 Å². The minimum absolute atomic E-state index is 0.316. The van der Waals surface area contributed by atoms with Crippen LogP contribution in [0.2, 0.25) is 0 Å². The zero-order chi connectivity index (χ0) is 15.4. The third-order valence-corrected chi connectivity index (χ3v) is 4.00. The van der Waals surface area contributed by atoms with Gasteiger partial charge in [-0.1, -0.05) is 35.1 Å². The summed E-state index contributed by atoms with van der Waals surface area (Å²) in [5.74, 6) is 0.670. The van der Waals surface area contributed by atoms with E-state index in [1.165, 1.54) is 0 Å². The minimum Gasteiger partial charge on any atom is -0.486 e. The highest BCUT2D eigenvalue weighted by atomic mass is 79.9. The Morgan fingerprint density at radius 1 is 1.48 bits per heavy atom. The number of thiocarbonyl (C=S) groups is 1. The normalized spacial score (nSPS) is 12.1. The van der Waals surface area contributed by atoms with Crippen molar-refractivity contribution in [3.63, 3.8) is 0 Å². The Balaban J connectivity index is 2.09. The average molecular weight is 368 g/mol. The van der Waals surface area contributed by atoms with Crippen LogP contribution in [0.4, 0.5) is 0 Å². The van der Waals surface area contributed by atoms with Crippen molar-refractivity contribution in [2.45, 2.75) is 32.9 Å². The molecule has 1 heterocycles. The lowest BCUT2D eigenvalue weighted by Crippen LogP contribution is -2.12. The lowest BCUT2D eigenvalue weighted by molar-refractivity contribution is 0.297. The van der Waals surface area contributed by atoms with Crippen LogP contribution in [-0.2, 0) is 6.61 Å². The van der Waals surface area contributed by atoms with Crippen molar-refractivity contribution in [3.05, 3.63) is 46.2 Å². The second-order valence-corrected chi connectivity index (χ2v) is 6.19. The van der Waals surface area contributed by atoms with Gasteiger partial charge in [-0.25, -0.2) is 0 Å². The number of halogens is 1. The van der Waals surface area contributed by atoms with E-state index in [4.69, 9.17) is 22.7 Å². The molecule has 1 aromatic heterocycles.